The normalized spacial score (nSPS) is 15.2. The summed E-state index contributed by atoms with van der Waals surface area (Å²) in [5.41, 5.74) is 11.0. The van der Waals surface area contributed by atoms with Crippen LogP contribution in [0.3, 0.4) is 0 Å². The molecule has 0 unspecified atom stereocenters. The maximum atomic E-state index is 6.39. The number of hydrogen-bond acceptors (Lipinski definition) is 3. The molecule has 8 aromatic rings. The summed E-state index contributed by atoms with van der Waals surface area (Å²) in [7, 11) is 0. The van der Waals surface area contributed by atoms with Crippen LogP contribution in [0.1, 0.15) is 45.2 Å². The first-order valence-corrected chi connectivity index (χ1v) is 17.0. The first-order chi connectivity index (χ1) is 22.3. The summed E-state index contributed by atoms with van der Waals surface area (Å²) in [6, 6.07) is 46.2. The molecule has 9 rings (SSSR count). The van der Waals surface area contributed by atoms with Gasteiger partial charge >= 0.3 is 0 Å². The molecule has 224 valence electrons. The standard InChI is InChI=1S/C43H35NOS/c1-42(2)26-43(3,4)34-25-39-32(24-33(34)42)30-15-10-17-36(41(30)46-39)44(29-22-20-28(21-23-29)27-12-6-5-7-13-27)35-16-11-19-38-40(35)31-14-8-9-18-37(31)45-38/h5-25H,26H2,1-4H3. The summed E-state index contributed by atoms with van der Waals surface area (Å²) >= 11 is 1.92. The molecule has 0 radical (unpaired) electrons. The van der Waals surface area contributed by atoms with E-state index in [0.29, 0.717) is 0 Å². The number of nitrogens with zero attached hydrogens (tertiary/aromatic N) is 1. The zero-order valence-electron chi connectivity index (χ0n) is 26.6. The van der Waals surface area contributed by atoms with E-state index >= 15 is 0 Å². The van der Waals surface area contributed by atoms with Crippen LogP contribution in [-0.4, -0.2) is 0 Å². The molecule has 1 aliphatic carbocycles. The van der Waals surface area contributed by atoms with Crippen LogP contribution in [0.4, 0.5) is 17.1 Å². The van der Waals surface area contributed by atoms with Crippen molar-refractivity contribution in [2.45, 2.75) is 44.9 Å². The highest BCUT2D eigenvalue weighted by atomic mass is 32.1. The number of thiophene rings is 1. The minimum Gasteiger partial charge on any atom is -0.456 e. The molecule has 3 heteroatoms. The summed E-state index contributed by atoms with van der Waals surface area (Å²) in [6.45, 7) is 9.62. The first kappa shape index (κ1) is 27.5. The van der Waals surface area contributed by atoms with Crippen molar-refractivity contribution in [2.24, 2.45) is 0 Å². The van der Waals surface area contributed by atoms with Gasteiger partial charge in [-0.25, -0.2) is 0 Å². The van der Waals surface area contributed by atoms with Crippen LogP contribution in [0.15, 0.2) is 132 Å². The molecule has 46 heavy (non-hydrogen) atoms. The molecule has 2 aromatic heterocycles. The van der Waals surface area contributed by atoms with Crippen LogP contribution in [-0.2, 0) is 10.8 Å². The van der Waals surface area contributed by atoms with Gasteiger partial charge in [-0.15, -0.1) is 11.3 Å². The van der Waals surface area contributed by atoms with Gasteiger partial charge in [0.25, 0.3) is 0 Å². The van der Waals surface area contributed by atoms with E-state index in [1.54, 1.807) is 0 Å². The molecule has 0 saturated carbocycles. The number of rotatable bonds is 4. The monoisotopic (exact) mass is 613 g/mol. The lowest BCUT2D eigenvalue weighted by Gasteiger charge is -2.27. The maximum Gasteiger partial charge on any atom is 0.137 e. The van der Waals surface area contributed by atoms with Crippen LogP contribution in [0.25, 0.3) is 53.2 Å². The molecule has 0 bridgehead atoms. The fourth-order valence-electron chi connectivity index (χ4n) is 8.20. The second kappa shape index (κ2) is 9.82. The van der Waals surface area contributed by atoms with Crippen molar-refractivity contribution in [3.05, 3.63) is 139 Å². The average Bonchev–Trinajstić information content (AvgIpc) is 3.68. The molecule has 0 N–H and O–H groups in total. The number of hydrogen-bond donors (Lipinski definition) is 0. The maximum absolute atomic E-state index is 6.39. The summed E-state index contributed by atoms with van der Waals surface area (Å²) in [4.78, 5) is 2.44. The molecule has 0 atom stereocenters. The molecule has 1 aliphatic rings. The Morgan fingerprint density at radius 2 is 1.20 bits per heavy atom. The summed E-state index contributed by atoms with van der Waals surface area (Å²) in [6.07, 6.45) is 1.17. The largest absolute Gasteiger partial charge is 0.456 e. The lowest BCUT2D eigenvalue weighted by atomic mass is 9.82. The van der Waals surface area contributed by atoms with Crippen LogP contribution in [0.2, 0.25) is 0 Å². The van der Waals surface area contributed by atoms with Crippen molar-refractivity contribution < 1.29 is 4.42 Å². The molecule has 2 nitrogen and oxygen atoms in total. The Balaban J connectivity index is 1.31. The van der Waals surface area contributed by atoms with Gasteiger partial charge in [-0.2, -0.15) is 0 Å². The molecule has 0 fully saturated rings. The van der Waals surface area contributed by atoms with Crippen LogP contribution >= 0.6 is 11.3 Å². The zero-order valence-corrected chi connectivity index (χ0v) is 27.4. The minimum atomic E-state index is 0.156. The Bertz CT molecular complexity index is 2440. The highest BCUT2D eigenvalue weighted by molar-refractivity contribution is 7.26. The average molecular weight is 614 g/mol. The van der Waals surface area contributed by atoms with Crippen LogP contribution < -0.4 is 4.90 Å². The van der Waals surface area contributed by atoms with Crippen molar-refractivity contribution in [2.75, 3.05) is 4.90 Å². The third-order valence-electron chi connectivity index (χ3n) is 10.1. The number of para-hydroxylation sites is 1. The van der Waals surface area contributed by atoms with Crippen molar-refractivity contribution in [1.29, 1.82) is 0 Å². The predicted octanol–water partition coefficient (Wildman–Crippen LogP) is 13.0. The van der Waals surface area contributed by atoms with E-state index in [-0.39, 0.29) is 10.8 Å². The topological polar surface area (TPSA) is 16.4 Å². The van der Waals surface area contributed by atoms with E-state index in [0.717, 1.165) is 33.3 Å². The van der Waals surface area contributed by atoms with Gasteiger partial charge in [0.05, 0.1) is 21.5 Å². The Morgan fingerprint density at radius 1 is 0.565 bits per heavy atom. The number of furan rings is 1. The third-order valence-corrected chi connectivity index (χ3v) is 11.2. The summed E-state index contributed by atoms with van der Waals surface area (Å²) < 4.78 is 9.05. The highest BCUT2D eigenvalue weighted by Gasteiger charge is 2.42. The van der Waals surface area contributed by atoms with Gasteiger partial charge in [-0.1, -0.05) is 107 Å². The summed E-state index contributed by atoms with van der Waals surface area (Å²) in [5.74, 6) is 0. The Labute approximate surface area is 273 Å². The van der Waals surface area contributed by atoms with E-state index in [9.17, 15) is 0 Å². The van der Waals surface area contributed by atoms with E-state index < -0.39 is 0 Å². The number of fused-ring (bicyclic) bond motifs is 7. The van der Waals surface area contributed by atoms with Crippen LogP contribution in [0.5, 0.6) is 0 Å². The molecular weight excluding hydrogens is 579 g/mol. The summed E-state index contributed by atoms with van der Waals surface area (Å²) in [5, 5.41) is 4.93. The molecule has 0 spiro atoms. The molecule has 0 aliphatic heterocycles. The van der Waals surface area contributed by atoms with Gasteiger partial charge in [0.15, 0.2) is 0 Å². The fourth-order valence-corrected chi connectivity index (χ4v) is 9.43. The zero-order chi connectivity index (χ0) is 31.2. The van der Waals surface area contributed by atoms with Gasteiger partial charge in [0.1, 0.15) is 11.2 Å². The van der Waals surface area contributed by atoms with Crippen molar-refractivity contribution in [3.63, 3.8) is 0 Å². The Hall–Kier alpha value is -4.86. The second-order valence-corrected chi connectivity index (χ2v) is 15.1. The Kier molecular flexibility index (Phi) is 5.86. The van der Waals surface area contributed by atoms with E-state index in [1.807, 2.05) is 17.4 Å². The number of anilines is 3. The van der Waals surface area contributed by atoms with Crippen molar-refractivity contribution in [3.8, 4) is 11.1 Å². The van der Waals surface area contributed by atoms with Crippen molar-refractivity contribution >= 4 is 70.5 Å². The number of benzene rings is 6. The van der Waals surface area contributed by atoms with Gasteiger partial charge in [-0.3, -0.25) is 0 Å². The van der Waals surface area contributed by atoms with Crippen molar-refractivity contribution in [1.82, 2.24) is 0 Å². The lowest BCUT2D eigenvalue weighted by Crippen LogP contribution is -2.17. The molecule has 0 amide bonds. The second-order valence-electron chi connectivity index (χ2n) is 14.1. The smallest absolute Gasteiger partial charge is 0.137 e. The SMILES string of the molecule is CC1(C)CC(C)(C)c2cc3c(cc21)sc1c(N(c2ccc(-c4ccccc4)cc2)c2cccc4oc5ccccc5c24)cccc13. The van der Waals surface area contributed by atoms with E-state index in [2.05, 4.69) is 154 Å². The van der Waals surface area contributed by atoms with E-state index in [4.69, 9.17) is 4.42 Å². The Morgan fingerprint density at radius 3 is 2.00 bits per heavy atom. The van der Waals surface area contributed by atoms with E-state index in [1.165, 1.54) is 54.5 Å². The van der Waals surface area contributed by atoms with Crippen LogP contribution in [0, 0.1) is 0 Å². The lowest BCUT2D eigenvalue weighted by molar-refractivity contribution is 0.403. The quantitative estimate of drug-likeness (QED) is 0.196. The fraction of sp³-hybridized carbons (Fsp3) is 0.163. The predicted molar refractivity (Wildman–Crippen MR) is 197 cm³/mol. The van der Waals surface area contributed by atoms with Gasteiger partial charge in [0, 0.05) is 26.5 Å². The molecule has 6 aromatic carbocycles. The minimum absolute atomic E-state index is 0.156. The molecule has 0 saturated heterocycles. The van der Waals surface area contributed by atoms with Gasteiger partial charge < -0.3 is 9.32 Å². The first-order valence-electron chi connectivity index (χ1n) is 16.1. The molecular formula is C43H35NOS. The van der Waals surface area contributed by atoms with Gasteiger partial charge in [0.2, 0.25) is 0 Å². The van der Waals surface area contributed by atoms with Gasteiger partial charge in [-0.05, 0) is 88.0 Å². The third kappa shape index (κ3) is 4.08. The molecule has 2 heterocycles. The highest BCUT2D eigenvalue weighted by Crippen LogP contribution is 2.53.